The van der Waals surface area contributed by atoms with Crippen LogP contribution in [0.25, 0.3) is 0 Å². The minimum atomic E-state index is -3.18. The minimum Gasteiger partial charge on any atom is -0.316 e. The van der Waals surface area contributed by atoms with Crippen LogP contribution < -0.4 is 5.32 Å². The molecule has 0 radical (unpaired) electrons. The van der Waals surface area contributed by atoms with Crippen molar-refractivity contribution in [3.05, 3.63) is 29.8 Å². The van der Waals surface area contributed by atoms with Crippen LogP contribution in [0.4, 0.5) is 0 Å². The van der Waals surface area contributed by atoms with Crippen LogP contribution in [-0.2, 0) is 9.84 Å². The van der Waals surface area contributed by atoms with Crippen LogP contribution in [0.3, 0.4) is 0 Å². The summed E-state index contributed by atoms with van der Waals surface area (Å²) in [5, 5.41) is 3.06. The first-order chi connectivity index (χ1) is 7.99. The van der Waals surface area contributed by atoms with Gasteiger partial charge < -0.3 is 5.32 Å². The molecule has 0 spiro atoms. The fourth-order valence-electron chi connectivity index (χ4n) is 1.83. The second-order valence-electron chi connectivity index (χ2n) is 4.37. The Balaban J connectivity index is 2.88. The van der Waals surface area contributed by atoms with Crippen molar-refractivity contribution in [2.45, 2.75) is 37.6 Å². The van der Waals surface area contributed by atoms with E-state index in [9.17, 15) is 8.42 Å². The van der Waals surface area contributed by atoms with Crippen LogP contribution in [0, 0.1) is 6.92 Å². The van der Waals surface area contributed by atoms with Gasteiger partial charge in [0, 0.05) is 6.04 Å². The van der Waals surface area contributed by atoms with E-state index < -0.39 is 9.84 Å². The van der Waals surface area contributed by atoms with Gasteiger partial charge in [-0.3, -0.25) is 0 Å². The Morgan fingerprint density at radius 3 is 2.59 bits per heavy atom. The van der Waals surface area contributed by atoms with Crippen molar-refractivity contribution in [2.75, 3.05) is 12.8 Å². The molecule has 17 heavy (non-hydrogen) atoms. The lowest BCUT2D eigenvalue weighted by Crippen LogP contribution is -2.32. The van der Waals surface area contributed by atoms with Crippen LogP contribution in [0.5, 0.6) is 0 Å². The summed E-state index contributed by atoms with van der Waals surface area (Å²) in [4.78, 5) is 0.425. The standard InChI is InChI=1S/C13H21NO2S/c1-4-6-12(14-3)10-17(15,16)13-8-5-7-11(2)9-13/h5,7-9,12,14H,4,6,10H2,1-3H3. The Morgan fingerprint density at radius 1 is 1.35 bits per heavy atom. The van der Waals surface area contributed by atoms with Gasteiger partial charge in [0.1, 0.15) is 0 Å². The molecule has 3 nitrogen and oxygen atoms in total. The normalized spacial score (nSPS) is 13.6. The third kappa shape index (κ3) is 4.13. The average Bonchev–Trinajstić information content (AvgIpc) is 2.28. The lowest BCUT2D eigenvalue weighted by Gasteiger charge is -2.15. The molecule has 96 valence electrons. The van der Waals surface area contributed by atoms with E-state index in [0.29, 0.717) is 4.90 Å². The Hall–Kier alpha value is -0.870. The maximum atomic E-state index is 12.2. The first-order valence-corrected chi connectivity index (χ1v) is 7.61. The van der Waals surface area contributed by atoms with E-state index in [1.807, 2.05) is 20.0 Å². The van der Waals surface area contributed by atoms with Crippen molar-refractivity contribution in [1.82, 2.24) is 5.32 Å². The first-order valence-electron chi connectivity index (χ1n) is 5.96. The minimum absolute atomic E-state index is 0.0329. The molecule has 1 aromatic carbocycles. The molecule has 4 heteroatoms. The molecule has 0 saturated carbocycles. The summed E-state index contributed by atoms with van der Waals surface area (Å²) in [6.07, 6.45) is 1.86. The van der Waals surface area contributed by atoms with Crippen molar-refractivity contribution in [3.8, 4) is 0 Å². The summed E-state index contributed by atoms with van der Waals surface area (Å²) in [5.41, 5.74) is 0.975. The van der Waals surface area contributed by atoms with Gasteiger partial charge in [-0.2, -0.15) is 0 Å². The molecule has 0 aliphatic rings. The zero-order valence-corrected chi connectivity index (χ0v) is 11.5. The second-order valence-corrected chi connectivity index (χ2v) is 6.41. The Labute approximate surface area is 104 Å². The monoisotopic (exact) mass is 255 g/mol. The van der Waals surface area contributed by atoms with Gasteiger partial charge in [0.15, 0.2) is 9.84 Å². The molecule has 1 unspecified atom stereocenters. The number of rotatable bonds is 6. The summed E-state index contributed by atoms with van der Waals surface area (Å²) in [6.45, 7) is 3.96. The predicted octanol–water partition coefficient (Wildman–Crippen LogP) is 2.16. The maximum Gasteiger partial charge on any atom is 0.179 e. The van der Waals surface area contributed by atoms with E-state index in [1.54, 1.807) is 18.2 Å². The van der Waals surface area contributed by atoms with E-state index in [2.05, 4.69) is 12.2 Å². The zero-order chi connectivity index (χ0) is 12.9. The molecule has 0 heterocycles. The first kappa shape index (κ1) is 14.2. The van der Waals surface area contributed by atoms with E-state index in [-0.39, 0.29) is 11.8 Å². The van der Waals surface area contributed by atoms with Gasteiger partial charge in [0.25, 0.3) is 0 Å². The zero-order valence-electron chi connectivity index (χ0n) is 10.7. The van der Waals surface area contributed by atoms with Crippen LogP contribution in [0.2, 0.25) is 0 Å². The number of nitrogens with one attached hydrogen (secondary N) is 1. The van der Waals surface area contributed by atoms with Gasteiger partial charge in [0.2, 0.25) is 0 Å². The van der Waals surface area contributed by atoms with Gasteiger partial charge in [-0.15, -0.1) is 0 Å². The summed E-state index contributed by atoms with van der Waals surface area (Å²) in [5.74, 6) is 0.167. The van der Waals surface area contributed by atoms with Crippen LogP contribution in [-0.4, -0.2) is 27.3 Å². The largest absolute Gasteiger partial charge is 0.316 e. The summed E-state index contributed by atoms with van der Waals surface area (Å²) < 4.78 is 24.4. The van der Waals surface area contributed by atoms with Crippen molar-refractivity contribution in [3.63, 3.8) is 0 Å². The highest BCUT2D eigenvalue weighted by molar-refractivity contribution is 7.91. The van der Waals surface area contributed by atoms with E-state index >= 15 is 0 Å². The lowest BCUT2D eigenvalue weighted by atomic mass is 10.2. The van der Waals surface area contributed by atoms with E-state index in [1.165, 1.54) is 0 Å². The molecular weight excluding hydrogens is 234 g/mol. The Morgan fingerprint density at radius 2 is 2.06 bits per heavy atom. The topological polar surface area (TPSA) is 46.2 Å². The summed E-state index contributed by atoms with van der Waals surface area (Å²) in [6, 6.07) is 7.12. The third-order valence-corrected chi connectivity index (χ3v) is 4.63. The summed E-state index contributed by atoms with van der Waals surface area (Å²) in [7, 11) is -1.37. The SMILES string of the molecule is CCCC(CS(=O)(=O)c1cccc(C)c1)NC. The lowest BCUT2D eigenvalue weighted by molar-refractivity contribution is 0.536. The van der Waals surface area contributed by atoms with Crippen molar-refractivity contribution in [2.24, 2.45) is 0 Å². The third-order valence-electron chi connectivity index (χ3n) is 2.81. The van der Waals surface area contributed by atoms with Gasteiger partial charge in [0.05, 0.1) is 10.6 Å². The van der Waals surface area contributed by atoms with Gasteiger partial charge >= 0.3 is 0 Å². The van der Waals surface area contributed by atoms with Crippen LogP contribution >= 0.6 is 0 Å². The molecule has 0 fully saturated rings. The maximum absolute atomic E-state index is 12.2. The number of benzene rings is 1. The molecule has 1 N–H and O–H groups in total. The molecule has 0 aliphatic heterocycles. The number of sulfone groups is 1. The van der Waals surface area contributed by atoms with E-state index in [0.717, 1.165) is 18.4 Å². The Bertz CT molecular complexity index is 454. The van der Waals surface area contributed by atoms with Crippen LogP contribution in [0.15, 0.2) is 29.2 Å². The highest BCUT2D eigenvalue weighted by Gasteiger charge is 2.19. The molecular formula is C13H21NO2S. The number of aryl methyl sites for hydroxylation is 1. The van der Waals surface area contributed by atoms with Gasteiger partial charge in [-0.25, -0.2) is 8.42 Å². The number of hydrogen-bond acceptors (Lipinski definition) is 3. The van der Waals surface area contributed by atoms with Crippen molar-refractivity contribution < 1.29 is 8.42 Å². The smallest absolute Gasteiger partial charge is 0.179 e. The molecule has 1 atom stereocenters. The highest BCUT2D eigenvalue weighted by atomic mass is 32.2. The molecule has 0 saturated heterocycles. The van der Waals surface area contributed by atoms with Crippen LogP contribution in [0.1, 0.15) is 25.3 Å². The average molecular weight is 255 g/mol. The second kappa shape index (κ2) is 6.17. The quantitative estimate of drug-likeness (QED) is 0.847. The summed E-state index contributed by atoms with van der Waals surface area (Å²) >= 11 is 0. The van der Waals surface area contributed by atoms with Crippen molar-refractivity contribution >= 4 is 9.84 Å². The molecule has 1 rings (SSSR count). The fourth-order valence-corrected chi connectivity index (χ4v) is 3.54. The molecule has 1 aromatic rings. The van der Waals surface area contributed by atoms with Gasteiger partial charge in [-0.1, -0.05) is 25.5 Å². The fraction of sp³-hybridized carbons (Fsp3) is 0.538. The molecule has 0 bridgehead atoms. The number of hydrogen-bond donors (Lipinski definition) is 1. The molecule has 0 amide bonds. The molecule has 0 aromatic heterocycles. The highest BCUT2D eigenvalue weighted by Crippen LogP contribution is 2.15. The van der Waals surface area contributed by atoms with Crippen molar-refractivity contribution in [1.29, 1.82) is 0 Å². The Kier molecular flexibility index (Phi) is 5.15. The predicted molar refractivity (Wildman–Crippen MR) is 71.0 cm³/mol. The van der Waals surface area contributed by atoms with Gasteiger partial charge in [-0.05, 0) is 38.1 Å². The van der Waals surface area contributed by atoms with E-state index in [4.69, 9.17) is 0 Å². The molecule has 0 aliphatic carbocycles.